The maximum Gasteiger partial charge on any atom is 0.220 e. The molecule has 1 fully saturated rings. The molecule has 17 heavy (non-hydrogen) atoms. The second-order valence-corrected chi connectivity index (χ2v) is 6.38. The Bertz CT molecular complexity index is 239. The molecule has 100 valence electrons. The third-order valence-corrected chi connectivity index (χ3v) is 3.75. The molecule has 1 saturated carbocycles. The molecule has 0 aromatic rings. The van der Waals surface area contributed by atoms with E-state index >= 15 is 0 Å². The van der Waals surface area contributed by atoms with Gasteiger partial charge in [-0.1, -0.05) is 46.5 Å². The maximum absolute atomic E-state index is 11.6. The van der Waals surface area contributed by atoms with Gasteiger partial charge in [0.25, 0.3) is 0 Å². The standard InChI is InChI=1S/C14H27NO2/c1-14(2,3)12(16)10-15-13(17)9-8-11-6-4-5-7-11/h11-12,16H,4-10H2,1-3H3,(H,15,17). The SMILES string of the molecule is CC(C)(C)C(O)CNC(=O)CCC1CCCC1. The Labute approximate surface area is 105 Å². The highest BCUT2D eigenvalue weighted by molar-refractivity contribution is 5.75. The van der Waals surface area contributed by atoms with E-state index in [2.05, 4.69) is 5.32 Å². The van der Waals surface area contributed by atoms with Crippen LogP contribution in [0, 0.1) is 11.3 Å². The molecule has 0 spiro atoms. The zero-order valence-electron chi connectivity index (χ0n) is 11.5. The van der Waals surface area contributed by atoms with Gasteiger partial charge in [0.2, 0.25) is 5.91 Å². The summed E-state index contributed by atoms with van der Waals surface area (Å²) in [6.07, 6.45) is 6.39. The fraction of sp³-hybridized carbons (Fsp3) is 0.929. The van der Waals surface area contributed by atoms with E-state index < -0.39 is 6.10 Å². The van der Waals surface area contributed by atoms with Crippen LogP contribution in [0.3, 0.4) is 0 Å². The molecular formula is C14H27NO2. The van der Waals surface area contributed by atoms with Crippen LogP contribution in [-0.2, 0) is 4.79 Å². The van der Waals surface area contributed by atoms with Crippen LogP contribution in [0.15, 0.2) is 0 Å². The van der Waals surface area contributed by atoms with Crippen LogP contribution in [0.4, 0.5) is 0 Å². The summed E-state index contributed by atoms with van der Waals surface area (Å²) in [6.45, 7) is 6.29. The Kier molecular flexibility index (Phi) is 5.44. The van der Waals surface area contributed by atoms with Crippen molar-refractivity contribution in [2.45, 2.75) is 65.4 Å². The molecule has 0 radical (unpaired) electrons. The number of hydrogen-bond donors (Lipinski definition) is 2. The van der Waals surface area contributed by atoms with E-state index in [1.165, 1.54) is 25.7 Å². The van der Waals surface area contributed by atoms with Crippen molar-refractivity contribution in [2.24, 2.45) is 11.3 Å². The average molecular weight is 241 g/mol. The van der Waals surface area contributed by atoms with Gasteiger partial charge in [0.15, 0.2) is 0 Å². The van der Waals surface area contributed by atoms with Gasteiger partial charge in [0.1, 0.15) is 0 Å². The molecule has 0 aromatic heterocycles. The van der Waals surface area contributed by atoms with Crippen molar-refractivity contribution in [2.75, 3.05) is 6.54 Å². The van der Waals surface area contributed by atoms with Crippen LogP contribution in [0.25, 0.3) is 0 Å². The summed E-state index contributed by atoms with van der Waals surface area (Å²) in [6, 6.07) is 0. The van der Waals surface area contributed by atoms with Gasteiger partial charge in [-0.05, 0) is 17.8 Å². The molecule has 0 aromatic carbocycles. The zero-order valence-corrected chi connectivity index (χ0v) is 11.5. The van der Waals surface area contributed by atoms with Gasteiger partial charge in [0.05, 0.1) is 6.10 Å². The Hall–Kier alpha value is -0.570. The molecule has 0 bridgehead atoms. The van der Waals surface area contributed by atoms with Gasteiger partial charge in [-0.3, -0.25) is 4.79 Å². The van der Waals surface area contributed by atoms with Gasteiger partial charge in [-0.2, -0.15) is 0 Å². The quantitative estimate of drug-likeness (QED) is 0.777. The van der Waals surface area contributed by atoms with Crippen LogP contribution in [0.2, 0.25) is 0 Å². The fourth-order valence-corrected chi connectivity index (χ4v) is 2.24. The lowest BCUT2D eigenvalue weighted by Crippen LogP contribution is -2.39. The van der Waals surface area contributed by atoms with Crippen LogP contribution in [0.5, 0.6) is 0 Å². The number of hydrogen-bond acceptors (Lipinski definition) is 2. The van der Waals surface area contributed by atoms with Gasteiger partial charge in [-0.15, -0.1) is 0 Å². The summed E-state index contributed by atoms with van der Waals surface area (Å²) < 4.78 is 0. The lowest BCUT2D eigenvalue weighted by atomic mass is 9.89. The highest BCUT2D eigenvalue weighted by atomic mass is 16.3. The minimum Gasteiger partial charge on any atom is -0.391 e. The molecule has 1 unspecified atom stereocenters. The van der Waals surface area contributed by atoms with Crippen molar-refractivity contribution in [1.82, 2.24) is 5.32 Å². The largest absolute Gasteiger partial charge is 0.391 e. The van der Waals surface area contributed by atoms with Crippen molar-refractivity contribution in [3.05, 3.63) is 0 Å². The van der Waals surface area contributed by atoms with E-state index in [0.717, 1.165) is 12.3 Å². The number of amides is 1. The average Bonchev–Trinajstić information content (AvgIpc) is 2.74. The molecule has 1 aliphatic carbocycles. The smallest absolute Gasteiger partial charge is 0.220 e. The first-order chi connectivity index (χ1) is 7.89. The van der Waals surface area contributed by atoms with E-state index in [0.29, 0.717) is 13.0 Å². The lowest BCUT2D eigenvalue weighted by molar-refractivity contribution is -0.122. The molecule has 1 amide bonds. The minimum atomic E-state index is -0.474. The Morgan fingerprint density at radius 2 is 1.94 bits per heavy atom. The van der Waals surface area contributed by atoms with E-state index in [1.807, 2.05) is 20.8 Å². The second kappa shape index (κ2) is 6.39. The van der Waals surface area contributed by atoms with E-state index in [1.54, 1.807) is 0 Å². The third-order valence-electron chi connectivity index (χ3n) is 3.75. The van der Waals surface area contributed by atoms with E-state index in [9.17, 15) is 9.90 Å². The maximum atomic E-state index is 11.6. The molecular weight excluding hydrogens is 214 g/mol. The third kappa shape index (κ3) is 5.53. The summed E-state index contributed by atoms with van der Waals surface area (Å²) in [5.74, 6) is 0.841. The van der Waals surface area contributed by atoms with Gasteiger partial charge in [-0.25, -0.2) is 0 Å². The minimum absolute atomic E-state index is 0.0835. The van der Waals surface area contributed by atoms with Crippen molar-refractivity contribution in [3.8, 4) is 0 Å². The summed E-state index contributed by atoms with van der Waals surface area (Å²) >= 11 is 0. The highest BCUT2D eigenvalue weighted by Gasteiger charge is 2.22. The summed E-state index contributed by atoms with van der Waals surface area (Å²) in [5.41, 5.74) is -0.168. The lowest BCUT2D eigenvalue weighted by Gasteiger charge is -2.25. The van der Waals surface area contributed by atoms with Crippen molar-refractivity contribution in [1.29, 1.82) is 0 Å². The molecule has 0 aliphatic heterocycles. The molecule has 1 rings (SSSR count). The molecule has 3 heteroatoms. The molecule has 0 saturated heterocycles. The van der Waals surface area contributed by atoms with Crippen LogP contribution >= 0.6 is 0 Å². The van der Waals surface area contributed by atoms with Gasteiger partial charge in [0, 0.05) is 13.0 Å². The highest BCUT2D eigenvalue weighted by Crippen LogP contribution is 2.28. The predicted molar refractivity (Wildman–Crippen MR) is 69.7 cm³/mol. The Balaban J connectivity index is 2.12. The molecule has 1 atom stereocenters. The molecule has 2 N–H and O–H groups in total. The number of nitrogens with one attached hydrogen (secondary N) is 1. The first kappa shape index (κ1) is 14.5. The topological polar surface area (TPSA) is 49.3 Å². The molecule has 1 aliphatic rings. The summed E-state index contributed by atoms with van der Waals surface area (Å²) in [7, 11) is 0. The van der Waals surface area contributed by atoms with Crippen molar-refractivity contribution >= 4 is 5.91 Å². The molecule has 0 heterocycles. The Morgan fingerprint density at radius 3 is 2.47 bits per heavy atom. The number of carbonyl (C=O) groups excluding carboxylic acids is 1. The van der Waals surface area contributed by atoms with Crippen LogP contribution in [0.1, 0.15) is 59.3 Å². The molecule has 3 nitrogen and oxygen atoms in total. The van der Waals surface area contributed by atoms with Crippen molar-refractivity contribution < 1.29 is 9.90 Å². The van der Waals surface area contributed by atoms with Crippen molar-refractivity contribution in [3.63, 3.8) is 0 Å². The summed E-state index contributed by atoms with van der Waals surface area (Å²) in [4.78, 5) is 11.6. The monoisotopic (exact) mass is 241 g/mol. The number of aliphatic hydroxyl groups is 1. The number of rotatable bonds is 5. The van der Waals surface area contributed by atoms with E-state index in [4.69, 9.17) is 0 Å². The number of aliphatic hydroxyl groups excluding tert-OH is 1. The zero-order chi connectivity index (χ0) is 12.9. The van der Waals surface area contributed by atoms with Crippen LogP contribution in [-0.4, -0.2) is 23.7 Å². The van der Waals surface area contributed by atoms with Gasteiger partial charge >= 0.3 is 0 Å². The summed E-state index contributed by atoms with van der Waals surface area (Å²) in [5, 5.41) is 12.6. The normalized spacial score (nSPS) is 19.3. The number of carbonyl (C=O) groups is 1. The van der Waals surface area contributed by atoms with E-state index in [-0.39, 0.29) is 11.3 Å². The van der Waals surface area contributed by atoms with Crippen LogP contribution < -0.4 is 5.32 Å². The first-order valence-corrected chi connectivity index (χ1v) is 6.84. The van der Waals surface area contributed by atoms with Gasteiger partial charge < -0.3 is 10.4 Å². The predicted octanol–water partition coefficient (Wildman–Crippen LogP) is 2.48. The Morgan fingerprint density at radius 1 is 1.35 bits per heavy atom. The second-order valence-electron chi connectivity index (χ2n) is 6.38. The first-order valence-electron chi connectivity index (χ1n) is 6.84. The fourth-order valence-electron chi connectivity index (χ4n) is 2.24.